The van der Waals surface area contributed by atoms with Crippen LogP contribution in [0.3, 0.4) is 0 Å². The standard InChI is InChI=1S/C6H8O7.C4H6O6.C4H11O3P.C3H6O3.C3H6O2.C3H4O2.C2H7O3P.C2H2O3.CH5O3P.CH2O2.H2O/c7-3(8)1-6(13,5(11)12)2-4(9)10;5-1(3(7)8)2(6)4(9)10;1-3-6-8(5)7-4-2;1-2(4)3(5)6;2*1-2-3(4)5;1-4-6(3)5-2;3-1-2(4)5;1-5(2,3)4;2-1-3;/h13H,1-2H2,(H,7,8)(H,9,10)(H,11,12);1-2,5-6H,(H,7,8)(H,9,10);5H,3-4H2,1-2H3;2,4H,1H3,(H,5,6);2H2,1H3,(H,4,5);2H,1H2,(H,4,5);3H,1-2H3;1H,(H,4,5);1H3,(H2,2,3,4);1H,(H,2,3);1H2. The molecule has 67 heavy (non-hydrogen) atoms. The summed E-state index contributed by atoms with van der Waals surface area (Å²) in [4.78, 5) is 137. The zero-order valence-electron chi connectivity index (χ0n) is 36.1. The van der Waals surface area contributed by atoms with E-state index in [1.54, 1.807) is 6.92 Å². The summed E-state index contributed by atoms with van der Waals surface area (Å²) in [6.45, 7) is 11.0. The number of rotatable bonds is 18. The lowest BCUT2D eigenvalue weighted by atomic mass is 9.96. The van der Waals surface area contributed by atoms with Crippen molar-refractivity contribution in [3.8, 4) is 0 Å². The number of aliphatic hydroxyl groups excluding tert-OH is 3. The number of hydrogen-bond donors (Lipinski definition) is 18. The van der Waals surface area contributed by atoms with Crippen LogP contribution in [0.1, 0.15) is 47.0 Å². The van der Waals surface area contributed by atoms with Crippen LogP contribution in [-0.2, 0) is 75.4 Å². The highest BCUT2D eigenvalue weighted by Crippen LogP contribution is 2.31. The van der Waals surface area contributed by atoms with Crippen LogP contribution in [0.5, 0.6) is 0 Å². The van der Waals surface area contributed by atoms with E-state index in [1.807, 2.05) is 13.8 Å². The Morgan fingerprint density at radius 1 is 0.657 bits per heavy atom. The number of aldehydes is 1. The molecule has 0 rings (SSSR count). The second kappa shape index (κ2) is 58.7. The molecule has 0 aliphatic carbocycles. The number of aliphatic hydroxyl groups is 4. The number of carbonyl (C=O) groups excluding carboxylic acids is 1. The van der Waals surface area contributed by atoms with E-state index >= 15 is 0 Å². The van der Waals surface area contributed by atoms with Gasteiger partial charge in [0.05, 0.1) is 26.1 Å². The van der Waals surface area contributed by atoms with Crippen LogP contribution in [0.2, 0.25) is 0 Å². The zero-order valence-corrected chi connectivity index (χ0v) is 38.8. The summed E-state index contributed by atoms with van der Waals surface area (Å²) in [7, 11) is -4.03. The quantitative estimate of drug-likeness (QED) is 0.0274. The predicted molar refractivity (Wildman–Crippen MR) is 219 cm³/mol. The first-order valence-electron chi connectivity index (χ1n) is 16.0. The fourth-order valence-electron chi connectivity index (χ4n) is 1.32. The Morgan fingerprint density at radius 3 is 0.955 bits per heavy atom. The highest BCUT2D eigenvalue weighted by atomic mass is 31.2. The molecule has 3 unspecified atom stereocenters. The van der Waals surface area contributed by atoms with E-state index in [0.717, 1.165) is 12.7 Å². The Bertz CT molecular complexity index is 1330. The third-order valence-electron chi connectivity index (χ3n) is 3.82. The largest absolute Gasteiger partial charge is 0.483 e. The minimum atomic E-state index is -3.64. The molecule has 0 fully saturated rings. The van der Waals surface area contributed by atoms with E-state index < -0.39 is 115 Å². The maximum absolute atomic E-state index is 10.3. The molecule has 0 heterocycles. The molecule has 3 atom stereocenters. The summed E-state index contributed by atoms with van der Waals surface area (Å²) in [6, 6.07) is 0. The van der Waals surface area contributed by atoms with E-state index in [-0.39, 0.29) is 24.7 Å². The molecule has 0 saturated carbocycles. The number of carbonyl (C=O) groups is 11. The molecule has 20 N–H and O–H groups in total. The number of aliphatic carboxylic acids is 9. The maximum atomic E-state index is 10.3. The summed E-state index contributed by atoms with van der Waals surface area (Å²) in [5.74, 6) is -12.9. The first-order valence-corrected chi connectivity index (χ1v) is 20.4. The molecule has 0 bridgehead atoms. The highest BCUT2D eigenvalue weighted by Gasteiger charge is 2.40. The molecule has 400 valence electrons. The molecular formula is C29H59O35P3. The molecule has 38 heteroatoms. The third kappa shape index (κ3) is 115. The molecule has 0 aromatic heterocycles. The van der Waals surface area contributed by atoms with Gasteiger partial charge < -0.3 is 115 Å². The minimum absolute atomic E-state index is 0. The molecule has 0 aliphatic heterocycles. The fourth-order valence-corrected chi connectivity index (χ4v) is 1.98. The van der Waals surface area contributed by atoms with Crippen LogP contribution in [0.25, 0.3) is 0 Å². The van der Waals surface area contributed by atoms with Crippen molar-refractivity contribution in [1.29, 1.82) is 0 Å². The van der Waals surface area contributed by atoms with Gasteiger partial charge in [0.15, 0.2) is 17.8 Å². The molecule has 0 aliphatic rings. The maximum Gasteiger partial charge on any atom is 0.368 e. The molecular weight excluding hydrogens is 1000 g/mol. The normalized spacial score (nSPS) is 10.4. The van der Waals surface area contributed by atoms with Crippen LogP contribution in [0.4, 0.5) is 0 Å². The van der Waals surface area contributed by atoms with Crippen molar-refractivity contribution in [2.24, 2.45) is 0 Å². The number of carboxylic acids is 9. The van der Waals surface area contributed by atoms with Crippen molar-refractivity contribution in [1.82, 2.24) is 0 Å². The van der Waals surface area contributed by atoms with E-state index in [9.17, 15) is 42.9 Å². The van der Waals surface area contributed by atoms with Crippen LogP contribution in [0.15, 0.2) is 12.7 Å². The lowest BCUT2D eigenvalue weighted by Gasteiger charge is -2.18. The Kier molecular flexibility index (Phi) is 77.5. The predicted octanol–water partition coefficient (Wildman–Crippen LogP) is -3.46. The summed E-state index contributed by atoms with van der Waals surface area (Å²) in [5, 5.41) is 112. The van der Waals surface area contributed by atoms with Gasteiger partial charge >= 0.3 is 78.5 Å². The van der Waals surface area contributed by atoms with Crippen molar-refractivity contribution in [2.75, 3.05) is 34.1 Å². The van der Waals surface area contributed by atoms with E-state index in [4.69, 9.17) is 105 Å². The number of carboxylic acid groups (broad SMARTS) is 10. The van der Waals surface area contributed by atoms with Crippen LogP contribution in [0, 0.1) is 0 Å². The van der Waals surface area contributed by atoms with Gasteiger partial charge in [-0.2, -0.15) is 0 Å². The van der Waals surface area contributed by atoms with Gasteiger partial charge in [-0.05, 0) is 20.8 Å². The van der Waals surface area contributed by atoms with E-state index in [2.05, 4.69) is 24.7 Å². The summed E-state index contributed by atoms with van der Waals surface area (Å²) in [6.07, 6.45) is -7.16. The lowest BCUT2D eigenvalue weighted by molar-refractivity contribution is -0.170. The van der Waals surface area contributed by atoms with Crippen molar-refractivity contribution in [3.63, 3.8) is 0 Å². The third-order valence-corrected chi connectivity index (χ3v) is 5.40. The average molecular weight is 1060 g/mol. The lowest BCUT2D eigenvalue weighted by Crippen LogP contribution is -2.42. The van der Waals surface area contributed by atoms with Crippen LogP contribution < -0.4 is 0 Å². The molecule has 0 aromatic rings. The van der Waals surface area contributed by atoms with Gasteiger partial charge in [0.2, 0.25) is 6.29 Å². The zero-order chi connectivity index (χ0) is 55.6. The van der Waals surface area contributed by atoms with Crippen LogP contribution in [-0.4, -0.2) is 221 Å². The van der Waals surface area contributed by atoms with Crippen molar-refractivity contribution < 1.29 is 172 Å². The molecule has 0 saturated heterocycles. The van der Waals surface area contributed by atoms with E-state index in [1.165, 1.54) is 21.1 Å². The number of hydrogen-bond acceptors (Lipinski definition) is 22. The van der Waals surface area contributed by atoms with Gasteiger partial charge in [0.25, 0.3) is 6.47 Å². The summed E-state index contributed by atoms with van der Waals surface area (Å²) < 4.78 is 27.3. The van der Waals surface area contributed by atoms with Crippen molar-refractivity contribution in [3.05, 3.63) is 12.7 Å². The highest BCUT2D eigenvalue weighted by molar-refractivity contribution is 7.50. The second-order valence-electron chi connectivity index (χ2n) is 9.42. The monoisotopic (exact) mass is 1060 g/mol. The van der Waals surface area contributed by atoms with Gasteiger partial charge in [-0.3, -0.25) is 28.5 Å². The smallest absolute Gasteiger partial charge is 0.368 e. The SMILES string of the molecule is C=CC(=O)O.CC(O)C(=O)O.CCC(=O)O.CCOP(O)OCC.COP(O)OC.CP(=O)(O)O.O.O=C(O)C(O)C(O)C(=O)O.O=C(O)CC(O)(CC(=O)O)C(=O)O.O=CC(=O)O.O=CO. The average Bonchev–Trinajstić information content (AvgIpc) is 3.17. The molecule has 0 aromatic carbocycles. The van der Waals surface area contributed by atoms with Crippen molar-refractivity contribution >= 4 is 91.3 Å². The van der Waals surface area contributed by atoms with Crippen molar-refractivity contribution in [2.45, 2.75) is 70.9 Å². The fraction of sp³-hybridized carbons (Fsp3) is 0.552. The molecule has 0 radical (unpaired) electrons. The van der Waals surface area contributed by atoms with Gasteiger partial charge in [-0.1, -0.05) is 13.5 Å². The van der Waals surface area contributed by atoms with Gasteiger partial charge in [0.1, 0.15) is 6.10 Å². The Hall–Kier alpha value is -5.32. The Labute approximate surface area is 380 Å². The van der Waals surface area contributed by atoms with Gasteiger partial charge in [-0.25, -0.2) is 28.8 Å². The van der Waals surface area contributed by atoms with Gasteiger partial charge in [-0.15, -0.1) is 0 Å². The molecule has 0 spiro atoms. The summed E-state index contributed by atoms with van der Waals surface area (Å²) >= 11 is 0. The van der Waals surface area contributed by atoms with Gasteiger partial charge in [0, 0.05) is 33.4 Å². The minimum Gasteiger partial charge on any atom is -0.483 e. The molecule has 0 amide bonds. The first-order chi connectivity index (χ1) is 29.7. The Balaban J connectivity index is -0.0000000592. The first kappa shape index (κ1) is 88.4. The summed E-state index contributed by atoms with van der Waals surface area (Å²) in [5.41, 5.74) is -2.74. The topological polar surface area (TPSA) is 637 Å². The molecule has 35 nitrogen and oxygen atoms in total. The Morgan fingerprint density at radius 2 is 0.881 bits per heavy atom. The second-order valence-corrected chi connectivity index (χ2v) is 13.3. The van der Waals surface area contributed by atoms with E-state index in [0.29, 0.717) is 13.2 Å². The van der Waals surface area contributed by atoms with Crippen LogP contribution >= 0.6 is 24.8 Å².